The molecule has 1 saturated heterocycles. The summed E-state index contributed by atoms with van der Waals surface area (Å²) in [6.07, 6.45) is 7.92. The number of fused-ring (bicyclic) bond motifs is 1. The van der Waals surface area contributed by atoms with Crippen LogP contribution < -0.4 is 0 Å². The average Bonchev–Trinajstić information content (AvgIpc) is 3.23. The van der Waals surface area contributed by atoms with Crippen molar-refractivity contribution in [1.82, 2.24) is 29.5 Å². The first kappa shape index (κ1) is 15.4. The van der Waals surface area contributed by atoms with Gasteiger partial charge < -0.3 is 9.47 Å². The maximum Gasteiger partial charge on any atom is 0.274 e. The van der Waals surface area contributed by atoms with Crippen molar-refractivity contribution in [2.24, 2.45) is 7.05 Å². The summed E-state index contributed by atoms with van der Waals surface area (Å²) < 4.78 is 2.06. The summed E-state index contributed by atoms with van der Waals surface area (Å²) in [5, 5.41) is 7.34. The molecule has 1 amide bonds. The number of imidazole rings is 1. The van der Waals surface area contributed by atoms with E-state index in [1.54, 1.807) is 0 Å². The number of aryl methyl sites for hydroxylation is 2. The molecular weight excluding hydrogens is 304 g/mol. The van der Waals surface area contributed by atoms with E-state index in [4.69, 9.17) is 0 Å². The SMILES string of the molecule is Cn1ccnc1CN1CCCN(C(=O)c2n[nH]c3c2CCC3)CC1. The van der Waals surface area contributed by atoms with Crippen LogP contribution in [0.3, 0.4) is 0 Å². The van der Waals surface area contributed by atoms with Crippen molar-refractivity contribution in [3.8, 4) is 0 Å². The van der Waals surface area contributed by atoms with Gasteiger partial charge in [0, 0.05) is 56.9 Å². The van der Waals surface area contributed by atoms with E-state index >= 15 is 0 Å². The molecular formula is C17H24N6O. The minimum Gasteiger partial charge on any atom is -0.337 e. The van der Waals surface area contributed by atoms with Gasteiger partial charge in [-0.15, -0.1) is 0 Å². The minimum atomic E-state index is 0.0910. The molecule has 2 aromatic heterocycles. The number of hydrogen-bond acceptors (Lipinski definition) is 4. The van der Waals surface area contributed by atoms with Gasteiger partial charge in [-0.25, -0.2) is 4.98 Å². The molecule has 0 unspecified atom stereocenters. The second-order valence-corrected chi connectivity index (χ2v) is 6.76. The van der Waals surface area contributed by atoms with Gasteiger partial charge in [0.25, 0.3) is 5.91 Å². The van der Waals surface area contributed by atoms with Crippen molar-refractivity contribution in [2.45, 2.75) is 32.2 Å². The van der Waals surface area contributed by atoms with Crippen LogP contribution >= 0.6 is 0 Å². The largest absolute Gasteiger partial charge is 0.337 e. The number of carbonyl (C=O) groups excluding carboxylic acids is 1. The third-order valence-corrected chi connectivity index (χ3v) is 5.17. The van der Waals surface area contributed by atoms with Crippen LogP contribution in [0.4, 0.5) is 0 Å². The zero-order valence-corrected chi connectivity index (χ0v) is 14.2. The van der Waals surface area contributed by atoms with Crippen molar-refractivity contribution in [1.29, 1.82) is 0 Å². The Hall–Kier alpha value is -2.15. The highest BCUT2D eigenvalue weighted by Crippen LogP contribution is 2.24. The molecule has 7 nitrogen and oxygen atoms in total. The van der Waals surface area contributed by atoms with Crippen LogP contribution in [0.2, 0.25) is 0 Å². The highest BCUT2D eigenvalue weighted by Gasteiger charge is 2.27. The molecule has 128 valence electrons. The predicted molar refractivity (Wildman–Crippen MR) is 89.6 cm³/mol. The van der Waals surface area contributed by atoms with Crippen LogP contribution in [0.15, 0.2) is 12.4 Å². The molecule has 0 atom stereocenters. The Balaban J connectivity index is 1.41. The fraction of sp³-hybridized carbons (Fsp3) is 0.588. The van der Waals surface area contributed by atoms with Crippen LogP contribution in [-0.2, 0) is 26.4 Å². The first-order valence-electron chi connectivity index (χ1n) is 8.76. The zero-order valence-electron chi connectivity index (χ0n) is 14.2. The fourth-order valence-electron chi connectivity index (χ4n) is 3.73. The molecule has 0 spiro atoms. The molecule has 4 rings (SSSR count). The highest BCUT2D eigenvalue weighted by atomic mass is 16.2. The second kappa shape index (κ2) is 6.39. The number of nitrogens with one attached hydrogen (secondary N) is 1. The van der Waals surface area contributed by atoms with Crippen LogP contribution in [0, 0.1) is 0 Å². The number of aromatic amines is 1. The van der Waals surface area contributed by atoms with Gasteiger partial charge in [0.2, 0.25) is 0 Å². The van der Waals surface area contributed by atoms with Crippen LogP contribution in [0.5, 0.6) is 0 Å². The van der Waals surface area contributed by atoms with E-state index < -0.39 is 0 Å². The molecule has 2 aliphatic rings. The summed E-state index contributed by atoms with van der Waals surface area (Å²) in [6.45, 7) is 4.27. The average molecular weight is 328 g/mol. The molecule has 7 heteroatoms. The van der Waals surface area contributed by atoms with Crippen molar-refractivity contribution < 1.29 is 4.79 Å². The third kappa shape index (κ3) is 2.84. The standard InChI is InChI=1S/C17H24N6O/c1-21-9-6-18-15(21)12-22-7-3-8-23(11-10-22)17(24)16-13-4-2-5-14(13)19-20-16/h6,9H,2-5,7-8,10-12H2,1H3,(H,19,20). The smallest absolute Gasteiger partial charge is 0.274 e. The lowest BCUT2D eigenvalue weighted by atomic mass is 10.2. The number of H-pyrrole nitrogens is 1. The van der Waals surface area contributed by atoms with Crippen LogP contribution in [0.1, 0.15) is 40.4 Å². The fourth-order valence-corrected chi connectivity index (χ4v) is 3.73. The van der Waals surface area contributed by atoms with E-state index in [-0.39, 0.29) is 5.91 Å². The minimum absolute atomic E-state index is 0.0910. The number of rotatable bonds is 3. The molecule has 1 fully saturated rings. The van der Waals surface area contributed by atoms with Gasteiger partial charge in [0.1, 0.15) is 5.82 Å². The van der Waals surface area contributed by atoms with Crippen LogP contribution in [-0.4, -0.2) is 61.6 Å². The van der Waals surface area contributed by atoms with Gasteiger partial charge in [0.05, 0.1) is 6.54 Å². The summed E-state index contributed by atoms with van der Waals surface area (Å²) in [5.41, 5.74) is 2.96. The molecule has 2 aromatic rings. The molecule has 24 heavy (non-hydrogen) atoms. The maximum absolute atomic E-state index is 12.9. The van der Waals surface area contributed by atoms with Crippen LogP contribution in [0.25, 0.3) is 0 Å². The predicted octanol–water partition coefficient (Wildman–Crippen LogP) is 0.980. The van der Waals surface area contributed by atoms with Crippen molar-refractivity contribution >= 4 is 5.91 Å². The van der Waals surface area contributed by atoms with E-state index in [9.17, 15) is 4.79 Å². The maximum atomic E-state index is 12.9. The van der Waals surface area contributed by atoms with E-state index in [0.717, 1.165) is 75.5 Å². The van der Waals surface area contributed by atoms with Gasteiger partial charge in [-0.3, -0.25) is 14.8 Å². The molecule has 1 aliphatic heterocycles. The number of carbonyl (C=O) groups is 1. The molecule has 0 aromatic carbocycles. The Kier molecular flexibility index (Phi) is 4.10. The topological polar surface area (TPSA) is 70.1 Å². The van der Waals surface area contributed by atoms with Gasteiger partial charge in [-0.2, -0.15) is 5.10 Å². The van der Waals surface area contributed by atoms with Gasteiger partial charge >= 0.3 is 0 Å². The summed E-state index contributed by atoms with van der Waals surface area (Å²) in [5.74, 6) is 1.16. The summed E-state index contributed by atoms with van der Waals surface area (Å²) in [6, 6.07) is 0. The quantitative estimate of drug-likeness (QED) is 0.912. The first-order valence-corrected chi connectivity index (χ1v) is 8.76. The zero-order chi connectivity index (χ0) is 16.5. The number of amides is 1. The number of nitrogens with zero attached hydrogens (tertiary/aromatic N) is 5. The Morgan fingerprint density at radius 1 is 1.21 bits per heavy atom. The summed E-state index contributed by atoms with van der Waals surface area (Å²) in [4.78, 5) is 21.6. The Morgan fingerprint density at radius 2 is 2.12 bits per heavy atom. The molecule has 1 aliphatic carbocycles. The monoisotopic (exact) mass is 328 g/mol. The van der Waals surface area contributed by atoms with Gasteiger partial charge in [-0.05, 0) is 25.7 Å². The summed E-state index contributed by atoms with van der Waals surface area (Å²) >= 11 is 0. The van der Waals surface area contributed by atoms with Gasteiger partial charge in [0.15, 0.2) is 5.69 Å². The van der Waals surface area contributed by atoms with Crippen molar-refractivity contribution in [3.63, 3.8) is 0 Å². The van der Waals surface area contributed by atoms with E-state index in [1.807, 2.05) is 24.3 Å². The van der Waals surface area contributed by atoms with Crippen molar-refractivity contribution in [3.05, 3.63) is 35.2 Å². The molecule has 0 radical (unpaired) electrons. The lowest BCUT2D eigenvalue weighted by Gasteiger charge is -2.21. The number of aromatic nitrogens is 4. The molecule has 1 N–H and O–H groups in total. The second-order valence-electron chi connectivity index (χ2n) is 6.76. The third-order valence-electron chi connectivity index (χ3n) is 5.17. The van der Waals surface area contributed by atoms with E-state index in [2.05, 4.69) is 24.6 Å². The molecule has 3 heterocycles. The molecule has 0 bridgehead atoms. The van der Waals surface area contributed by atoms with Gasteiger partial charge in [-0.1, -0.05) is 0 Å². The summed E-state index contributed by atoms with van der Waals surface area (Å²) in [7, 11) is 2.02. The number of hydrogen-bond donors (Lipinski definition) is 1. The van der Waals surface area contributed by atoms with Crippen molar-refractivity contribution in [2.75, 3.05) is 26.2 Å². The lowest BCUT2D eigenvalue weighted by Crippen LogP contribution is -2.35. The lowest BCUT2D eigenvalue weighted by molar-refractivity contribution is 0.0754. The highest BCUT2D eigenvalue weighted by molar-refractivity contribution is 5.94. The van der Waals surface area contributed by atoms with E-state index in [1.165, 1.54) is 0 Å². The Bertz CT molecular complexity index is 733. The molecule has 0 saturated carbocycles. The van der Waals surface area contributed by atoms with E-state index in [0.29, 0.717) is 5.69 Å². The first-order chi connectivity index (χ1) is 11.7. The Morgan fingerprint density at radius 3 is 2.96 bits per heavy atom. The normalized spacial score (nSPS) is 18.6. The Labute approximate surface area is 141 Å².